The first-order valence-corrected chi connectivity index (χ1v) is 7.65. The summed E-state index contributed by atoms with van der Waals surface area (Å²) in [6, 6.07) is 9.86. The normalized spacial score (nSPS) is 14.9. The molecule has 0 amide bonds. The zero-order valence-electron chi connectivity index (χ0n) is 11.7. The number of benzene rings is 1. The second-order valence-corrected chi connectivity index (χ2v) is 6.07. The lowest BCUT2D eigenvalue weighted by Crippen LogP contribution is -2.30. The van der Waals surface area contributed by atoms with Gasteiger partial charge in [-0.1, -0.05) is 26.0 Å². The van der Waals surface area contributed by atoms with E-state index in [1.54, 1.807) is 11.8 Å². The third-order valence-electron chi connectivity index (χ3n) is 2.98. The molecule has 0 fully saturated rings. The molecule has 2 heteroatoms. The van der Waals surface area contributed by atoms with Crippen molar-refractivity contribution in [1.82, 2.24) is 5.32 Å². The Bertz CT molecular complexity index is 318. The minimum atomic E-state index is 0.430. The van der Waals surface area contributed by atoms with Crippen LogP contribution in [0.3, 0.4) is 0 Å². The molecular formula is C15H25NS. The molecule has 0 aromatic heterocycles. The third-order valence-corrected chi connectivity index (χ3v) is 3.72. The summed E-state index contributed by atoms with van der Waals surface area (Å²) in [5.41, 5.74) is 1.37. The fraction of sp³-hybridized carbons (Fsp3) is 0.600. The molecule has 1 N–H and O–H groups in total. The molecule has 0 saturated carbocycles. The van der Waals surface area contributed by atoms with Crippen LogP contribution in [0.4, 0.5) is 0 Å². The van der Waals surface area contributed by atoms with E-state index in [1.165, 1.54) is 16.9 Å². The molecule has 0 radical (unpaired) electrons. The zero-order valence-corrected chi connectivity index (χ0v) is 12.5. The van der Waals surface area contributed by atoms with Gasteiger partial charge in [0.2, 0.25) is 0 Å². The Balaban J connectivity index is 2.53. The van der Waals surface area contributed by atoms with Crippen molar-refractivity contribution in [1.29, 1.82) is 0 Å². The third kappa shape index (κ3) is 5.13. The lowest BCUT2D eigenvalue weighted by Gasteiger charge is -2.22. The van der Waals surface area contributed by atoms with Crippen molar-refractivity contribution in [3.05, 3.63) is 29.8 Å². The molecule has 96 valence electrons. The summed E-state index contributed by atoms with van der Waals surface area (Å²) in [5.74, 6) is 0.753. The Morgan fingerprint density at radius 2 is 1.65 bits per heavy atom. The molecule has 0 aliphatic rings. The fourth-order valence-corrected chi connectivity index (χ4v) is 2.60. The second-order valence-electron chi connectivity index (χ2n) is 5.19. The average molecular weight is 251 g/mol. The zero-order chi connectivity index (χ0) is 12.8. The molecule has 0 aliphatic carbocycles. The largest absolute Gasteiger partial charge is 0.308 e. The molecule has 0 bridgehead atoms. The number of rotatable bonds is 6. The Labute approximate surface area is 110 Å². The lowest BCUT2D eigenvalue weighted by atomic mass is 10.0. The fourth-order valence-electron chi connectivity index (χ4n) is 2.19. The molecule has 1 aromatic rings. The minimum Gasteiger partial charge on any atom is -0.308 e. The maximum absolute atomic E-state index is 3.66. The van der Waals surface area contributed by atoms with Gasteiger partial charge >= 0.3 is 0 Å². The second kappa shape index (κ2) is 7.07. The van der Waals surface area contributed by atoms with Gasteiger partial charge in [-0.25, -0.2) is 0 Å². The van der Waals surface area contributed by atoms with Gasteiger partial charge in [-0.2, -0.15) is 0 Å². The highest BCUT2D eigenvalue weighted by Crippen LogP contribution is 2.19. The molecule has 17 heavy (non-hydrogen) atoms. The van der Waals surface area contributed by atoms with Crippen molar-refractivity contribution in [3.8, 4) is 0 Å². The van der Waals surface area contributed by atoms with E-state index in [1.807, 2.05) is 0 Å². The maximum atomic E-state index is 3.66. The quantitative estimate of drug-likeness (QED) is 0.747. The van der Waals surface area contributed by atoms with Gasteiger partial charge in [-0.3, -0.25) is 0 Å². The molecule has 1 aromatic carbocycles. The van der Waals surface area contributed by atoms with Crippen LogP contribution in [0.5, 0.6) is 0 Å². The summed E-state index contributed by atoms with van der Waals surface area (Å²) in [6.45, 7) is 9.06. The van der Waals surface area contributed by atoms with Crippen LogP contribution in [0, 0.1) is 5.92 Å². The van der Waals surface area contributed by atoms with E-state index in [2.05, 4.69) is 63.5 Å². The van der Waals surface area contributed by atoms with Gasteiger partial charge < -0.3 is 5.32 Å². The van der Waals surface area contributed by atoms with Crippen molar-refractivity contribution in [2.75, 3.05) is 6.26 Å². The summed E-state index contributed by atoms with van der Waals surface area (Å²) < 4.78 is 0. The van der Waals surface area contributed by atoms with E-state index in [9.17, 15) is 0 Å². The first-order chi connectivity index (χ1) is 8.02. The summed E-state index contributed by atoms with van der Waals surface area (Å²) in [5, 5.41) is 3.66. The van der Waals surface area contributed by atoms with E-state index in [-0.39, 0.29) is 0 Å². The molecule has 0 aliphatic heterocycles. The topological polar surface area (TPSA) is 12.0 Å². The molecule has 2 unspecified atom stereocenters. The van der Waals surface area contributed by atoms with E-state index >= 15 is 0 Å². The summed E-state index contributed by atoms with van der Waals surface area (Å²) in [7, 11) is 0. The Morgan fingerprint density at radius 1 is 1.06 bits per heavy atom. The standard InChI is InChI=1S/C15H25NS/c1-11(2)10-12(3)16-13(4)14-6-8-15(17-5)9-7-14/h6-9,11-13,16H,10H2,1-5H3. The summed E-state index contributed by atoms with van der Waals surface area (Å²) in [6.07, 6.45) is 3.34. The first-order valence-electron chi connectivity index (χ1n) is 6.43. The van der Waals surface area contributed by atoms with Gasteiger partial charge in [-0.15, -0.1) is 11.8 Å². The number of hydrogen-bond acceptors (Lipinski definition) is 2. The summed E-state index contributed by atoms with van der Waals surface area (Å²) in [4.78, 5) is 1.33. The van der Waals surface area contributed by atoms with Crippen molar-refractivity contribution in [3.63, 3.8) is 0 Å². The smallest absolute Gasteiger partial charge is 0.0294 e. The van der Waals surface area contributed by atoms with Crippen LogP contribution in [0.1, 0.15) is 45.7 Å². The number of nitrogens with one attached hydrogen (secondary N) is 1. The van der Waals surface area contributed by atoms with Gasteiger partial charge in [-0.05, 0) is 50.1 Å². The Kier molecular flexibility index (Phi) is 6.07. The van der Waals surface area contributed by atoms with Crippen LogP contribution in [0.15, 0.2) is 29.2 Å². The SMILES string of the molecule is CSc1ccc(C(C)NC(C)CC(C)C)cc1. The van der Waals surface area contributed by atoms with E-state index in [4.69, 9.17) is 0 Å². The average Bonchev–Trinajstić information content (AvgIpc) is 2.28. The molecular weight excluding hydrogens is 226 g/mol. The van der Waals surface area contributed by atoms with Crippen LogP contribution < -0.4 is 5.32 Å². The highest BCUT2D eigenvalue weighted by molar-refractivity contribution is 7.98. The van der Waals surface area contributed by atoms with Crippen molar-refractivity contribution < 1.29 is 0 Å². The van der Waals surface area contributed by atoms with Crippen molar-refractivity contribution in [2.45, 2.75) is 51.1 Å². The predicted molar refractivity (Wildman–Crippen MR) is 78.7 cm³/mol. The summed E-state index contributed by atoms with van der Waals surface area (Å²) >= 11 is 1.79. The van der Waals surface area contributed by atoms with Gasteiger partial charge in [0.05, 0.1) is 0 Å². The minimum absolute atomic E-state index is 0.430. The van der Waals surface area contributed by atoms with Crippen LogP contribution in [0.25, 0.3) is 0 Å². The van der Waals surface area contributed by atoms with Gasteiger partial charge in [0.25, 0.3) is 0 Å². The molecule has 1 rings (SSSR count). The highest BCUT2D eigenvalue weighted by atomic mass is 32.2. The van der Waals surface area contributed by atoms with E-state index < -0.39 is 0 Å². The molecule has 0 saturated heterocycles. The Hall–Kier alpha value is -0.470. The maximum Gasteiger partial charge on any atom is 0.0294 e. The van der Waals surface area contributed by atoms with Gasteiger partial charge in [0.1, 0.15) is 0 Å². The predicted octanol–water partition coefficient (Wildman–Crippen LogP) is 4.49. The van der Waals surface area contributed by atoms with Crippen LogP contribution in [-0.2, 0) is 0 Å². The monoisotopic (exact) mass is 251 g/mol. The molecule has 2 atom stereocenters. The lowest BCUT2D eigenvalue weighted by molar-refractivity contribution is 0.407. The van der Waals surface area contributed by atoms with Crippen molar-refractivity contribution in [2.24, 2.45) is 5.92 Å². The molecule has 1 nitrogen and oxygen atoms in total. The Morgan fingerprint density at radius 3 is 2.12 bits per heavy atom. The van der Waals surface area contributed by atoms with Crippen molar-refractivity contribution >= 4 is 11.8 Å². The van der Waals surface area contributed by atoms with Gasteiger partial charge in [0, 0.05) is 17.0 Å². The highest BCUT2D eigenvalue weighted by Gasteiger charge is 2.10. The number of thioether (sulfide) groups is 1. The van der Waals surface area contributed by atoms with E-state index in [0.29, 0.717) is 12.1 Å². The number of hydrogen-bond donors (Lipinski definition) is 1. The first kappa shape index (κ1) is 14.6. The van der Waals surface area contributed by atoms with Crippen LogP contribution >= 0.6 is 11.8 Å². The van der Waals surface area contributed by atoms with Crippen LogP contribution in [0.2, 0.25) is 0 Å². The van der Waals surface area contributed by atoms with E-state index in [0.717, 1.165) is 5.92 Å². The molecule has 0 heterocycles. The molecule has 0 spiro atoms. The van der Waals surface area contributed by atoms with Crippen LogP contribution in [-0.4, -0.2) is 12.3 Å². The van der Waals surface area contributed by atoms with Gasteiger partial charge in [0.15, 0.2) is 0 Å².